The van der Waals surface area contributed by atoms with Gasteiger partial charge in [0.15, 0.2) is 15.6 Å². The van der Waals surface area contributed by atoms with Gasteiger partial charge in [-0.05, 0) is 58.4 Å². The number of urea groups is 1. The smallest absolute Gasteiger partial charge is 0.321 e. The molecule has 1 heterocycles. The minimum absolute atomic E-state index is 0.0892. The summed E-state index contributed by atoms with van der Waals surface area (Å²) in [6.45, 7) is 8.46. The quantitative estimate of drug-likeness (QED) is 0.265. The number of carbonyl (C=O) groups excluding carboxylic acids is 4. The zero-order chi connectivity index (χ0) is 29.5. The van der Waals surface area contributed by atoms with Crippen molar-refractivity contribution in [2.75, 3.05) is 30.3 Å². The number of Topliss-reactive ketones (excluding diaryl/α,β-unsaturated/α-hetero) is 1. The highest BCUT2D eigenvalue weighted by molar-refractivity contribution is 7.91. The summed E-state index contributed by atoms with van der Waals surface area (Å²) < 4.78 is 26.1. The molecule has 0 bridgehead atoms. The Balaban J connectivity index is 1.60. The highest BCUT2D eigenvalue weighted by Crippen LogP contribution is 2.20. The number of hydrogen-bond acceptors (Lipinski definition) is 6. The lowest BCUT2D eigenvalue weighted by Gasteiger charge is -2.23. The van der Waals surface area contributed by atoms with Crippen molar-refractivity contribution in [1.82, 2.24) is 16.0 Å². The molecule has 1 saturated heterocycles. The fourth-order valence-electron chi connectivity index (χ4n) is 4.34. The lowest BCUT2D eigenvalue weighted by atomic mass is 10.0. The third kappa shape index (κ3) is 8.90. The number of anilines is 1. The Labute approximate surface area is 235 Å². The minimum atomic E-state index is -3.83. The fourth-order valence-corrected chi connectivity index (χ4v) is 5.88. The molecule has 1 aliphatic heterocycles. The molecule has 11 heteroatoms. The Morgan fingerprint density at radius 2 is 1.77 bits per heavy atom. The number of carbonyl (C=O) groups is 4. The predicted octanol–water partition coefficient (Wildman–Crippen LogP) is 3.00. The van der Waals surface area contributed by atoms with E-state index in [2.05, 4.69) is 16.0 Å². The zero-order valence-electron chi connectivity index (χ0n) is 23.5. The van der Waals surface area contributed by atoms with Crippen LogP contribution in [0.2, 0.25) is 0 Å². The van der Waals surface area contributed by atoms with Gasteiger partial charge in [-0.3, -0.25) is 19.3 Å². The number of nitrogens with zero attached hydrogens (tertiary/aromatic N) is 1. The predicted molar refractivity (Wildman–Crippen MR) is 153 cm³/mol. The molecular weight excluding hydrogens is 532 g/mol. The normalized spacial score (nSPS) is 14.4. The van der Waals surface area contributed by atoms with Crippen molar-refractivity contribution in [3.63, 3.8) is 0 Å². The molecule has 0 aliphatic carbocycles. The summed E-state index contributed by atoms with van der Waals surface area (Å²) >= 11 is 0. The molecule has 0 unspecified atom stereocenters. The molecule has 10 nitrogen and oxygen atoms in total. The van der Waals surface area contributed by atoms with Crippen molar-refractivity contribution in [1.29, 1.82) is 0 Å². The first-order chi connectivity index (χ1) is 18.7. The van der Waals surface area contributed by atoms with Crippen molar-refractivity contribution >= 4 is 39.2 Å². The van der Waals surface area contributed by atoms with Crippen LogP contribution in [0.1, 0.15) is 56.0 Å². The van der Waals surface area contributed by atoms with Crippen molar-refractivity contribution in [3.8, 4) is 0 Å². The second-order valence-corrected chi connectivity index (χ2v) is 13.1. The van der Waals surface area contributed by atoms with Crippen LogP contribution < -0.4 is 20.9 Å². The summed E-state index contributed by atoms with van der Waals surface area (Å²) in [5.74, 6) is -2.75. The Morgan fingerprint density at radius 3 is 2.40 bits per heavy atom. The number of benzene rings is 2. The molecule has 3 N–H and O–H groups in total. The Kier molecular flexibility index (Phi) is 10.1. The maximum Gasteiger partial charge on any atom is 0.321 e. The van der Waals surface area contributed by atoms with E-state index in [0.29, 0.717) is 30.8 Å². The molecule has 0 radical (unpaired) electrons. The van der Waals surface area contributed by atoms with Gasteiger partial charge in [0.25, 0.3) is 0 Å². The third-order valence-corrected chi connectivity index (χ3v) is 8.17. The van der Waals surface area contributed by atoms with Gasteiger partial charge in [0, 0.05) is 49.3 Å². The highest BCUT2D eigenvalue weighted by atomic mass is 32.2. The number of hydrogen-bond donors (Lipinski definition) is 3. The Morgan fingerprint density at radius 1 is 1.07 bits per heavy atom. The third-order valence-electron chi connectivity index (χ3n) is 6.33. The van der Waals surface area contributed by atoms with Crippen molar-refractivity contribution in [3.05, 3.63) is 59.7 Å². The summed E-state index contributed by atoms with van der Waals surface area (Å²) in [6, 6.07) is 13.0. The van der Waals surface area contributed by atoms with Crippen LogP contribution in [0.5, 0.6) is 0 Å². The SMILES string of the molecule is Cc1ccc(S(=O)(=O)C[C@@H](CC(=O)NC(C)(C)C)C(=O)NCCCC(=O)c2cccc(N3CCNC3=O)c2)cc1. The van der Waals surface area contributed by atoms with Crippen LogP contribution in [0.3, 0.4) is 0 Å². The number of rotatable bonds is 12. The van der Waals surface area contributed by atoms with Gasteiger partial charge in [0.05, 0.1) is 16.6 Å². The molecule has 1 fully saturated rings. The van der Waals surface area contributed by atoms with E-state index in [1.807, 2.05) is 6.92 Å². The molecule has 0 aromatic heterocycles. The summed E-state index contributed by atoms with van der Waals surface area (Å²) in [7, 11) is -3.83. The van der Waals surface area contributed by atoms with Crippen molar-refractivity contribution in [2.24, 2.45) is 5.92 Å². The lowest BCUT2D eigenvalue weighted by molar-refractivity contribution is -0.130. The van der Waals surface area contributed by atoms with E-state index < -0.39 is 38.9 Å². The topological polar surface area (TPSA) is 142 Å². The van der Waals surface area contributed by atoms with E-state index in [0.717, 1.165) is 5.56 Å². The van der Waals surface area contributed by atoms with Crippen LogP contribution in [0, 0.1) is 12.8 Å². The summed E-state index contributed by atoms with van der Waals surface area (Å²) in [6.07, 6.45) is 0.182. The van der Waals surface area contributed by atoms with E-state index in [1.165, 1.54) is 12.1 Å². The van der Waals surface area contributed by atoms with Crippen LogP contribution in [-0.2, 0) is 19.4 Å². The second kappa shape index (κ2) is 13.1. The van der Waals surface area contributed by atoms with Crippen molar-refractivity contribution < 1.29 is 27.6 Å². The molecule has 2 aromatic carbocycles. The molecule has 2 aromatic rings. The maximum absolute atomic E-state index is 13.1. The Bertz CT molecular complexity index is 1350. The standard InChI is InChI=1S/C29H38N4O6S/c1-20-10-12-24(13-11-20)40(38,39)19-22(18-26(35)32-29(2,3)4)27(36)30-14-6-9-25(34)21-7-5-8-23(17-21)33-16-15-31-28(33)37/h5,7-8,10-13,17,22H,6,9,14-16,18-19H2,1-4H3,(H,30,36)(H,31,37)(H,32,35)/t22-/m1/s1. The van der Waals surface area contributed by atoms with E-state index >= 15 is 0 Å². The lowest BCUT2D eigenvalue weighted by Crippen LogP contribution is -2.44. The van der Waals surface area contributed by atoms with Gasteiger partial charge in [-0.1, -0.05) is 29.8 Å². The maximum atomic E-state index is 13.1. The minimum Gasteiger partial charge on any atom is -0.356 e. The first-order valence-electron chi connectivity index (χ1n) is 13.3. The molecule has 1 atom stereocenters. The first-order valence-corrected chi connectivity index (χ1v) is 15.0. The largest absolute Gasteiger partial charge is 0.356 e. The number of amides is 4. The van der Waals surface area contributed by atoms with Gasteiger partial charge in [-0.25, -0.2) is 13.2 Å². The number of sulfone groups is 1. The zero-order valence-corrected chi connectivity index (χ0v) is 24.3. The second-order valence-electron chi connectivity index (χ2n) is 11.0. The molecule has 3 rings (SSSR count). The molecule has 4 amide bonds. The van der Waals surface area contributed by atoms with Gasteiger partial charge in [-0.15, -0.1) is 0 Å². The number of ketones is 1. The summed E-state index contributed by atoms with van der Waals surface area (Å²) in [5, 5.41) is 8.21. The van der Waals surface area contributed by atoms with Crippen molar-refractivity contribution in [2.45, 2.75) is 57.4 Å². The summed E-state index contributed by atoms with van der Waals surface area (Å²) in [4.78, 5) is 52.0. The molecule has 216 valence electrons. The van der Waals surface area contributed by atoms with Crippen LogP contribution in [0.15, 0.2) is 53.4 Å². The van der Waals surface area contributed by atoms with Gasteiger partial charge < -0.3 is 16.0 Å². The van der Waals surface area contributed by atoms with E-state index in [9.17, 15) is 27.6 Å². The average Bonchev–Trinajstić information content (AvgIpc) is 3.31. The molecule has 0 saturated carbocycles. The molecule has 0 spiro atoms. The molecule has 1 aliphatic rings. The van der Waals surface area contributed by atoms with Gasteiger partial charge >= 0.3 is 6.03 Å². The summed E-state index contributed by atoms with van der Waals surface area (Å²) in [5.41, 5.74) is 1.47. The van der Waals surface area contributed by atoms with E-state index in [-0.39, 0.29) is 36.1 Å². The fraction of sp³-hybridized carbons (Fsp3) is 0.448. The molecule has 40 heavy (non-hydrogen) atoms. The van der Waals surface area contributed by atoms with Crippen LogP contribution in [-0.4, -0.2) is 63.0 Å². The van der Waals surface area contributed by atoms with Crippen LogP contribution in [0.4, 0.5) is 10.5 Å². The number of nitrogens with one attached hydrogen (secondary N) is 3. The van der Waals surface area contributed by atoms with E-state index in [4.69, 9.17) is 0 Å². The van der Waals surface area contributed by atoms with Crippen LogP contribution in [0.25, 0.3) is 0 Å². The van der Waals surface area contributed by atoms with Gasteiger partial charge in [-0.2, -0.15) is 0 Å². The first kappa shape index (κ1) is 30.8. The average molecular weight is 571 g/mol. The molecular formula is C29H38N4O6S. The van der Waals surface area contributed by atoms with Crippen LogP contribution >= 0.6 is 0 Å². The Hall–Kier alpha value is -3.73. The highest BCUT2D eigenvalue weighted by Gasteiger charge is 2.30. The van der Waals surface area contributed by atoms with Gasteiger partial charge in [0.1, 0.15) is 0 Å². The number of aryl methyl sites for hydroxylation is 1. The van der Waals surface area contributed by atoms with E-state index in [1.54, 1.807) is 62.1 Å². The van der Waals surface area contributed by atoms with Gasteiger partial charge in [0.2, 0.25) is 11.8 Å². The monoisotopic (exact) mass is 570 g/mol.